The zero-order valence-electron chi connectivity index (χ0n) is 32.7. The van der Waals surface area contributed by atoms with Crippen molar-refractivity contribution in [2.45, 2.75) is 150 Å². The molecule has 0 aromatic heterocycles. The van der Waals surface area contributed by atoms with E-state index >= 15 is 0 Å². The summed E-state index contributed by atoms with van der Waals surface area (Å²) in [6, 6.07) is 21.5. The molecule has 1 fully saturated rings. The van der Waals surface area contributed by atoms with Gasteiger partial charge in [0.2, 0.25) is 0 Å². The lowest BCUT2D eigenvalue weighted by molar-refractivity contribution is -0.289. The van der Waals surface area contributed by atoms with Crippen molar-refractivity contribution >= 4 is 32.5 Å². The van der Waals surface area contributed by atoms with Gasteiger partial charge in [-0.1, -0.05) is 128 Å². The van der Waals surface area contributed by atoms with Crippen LogP contribution >= 0.6 is 0 Å². The first-order valence-electron chi connectivity index (χ1n) is 18.5. The van der Waals surface area contributed by atoms with E-state index in [2.05, 4.69) is 126 Å². The molecule has 1 N–H and O–H groups in total. The molecule has 1 heterocycles. The summed E-state index contributed by atoms with van der Waals surface area (Å²) in [4.78, 5) is 14.4. The van der Waals surface area contributed by atoms with Crippen LogP contribution in [0.2, 0.25) is 24.7 Å². The molecule has 0 aliphatic carbocycles. The largest absolute Gasteiger partial charge is 0.405 e. The minimum absolute atomic E-state index is 0.0258. The van der Waals surface area contributed by atoms with Crippen LogP contribution in [0, 0.1) is 28.7 Å². The van der Waals surface area contributed by atoms with Gasteiger partial charge in [0.05, 0.1) is 24.2 Å². The molecule has 5 nitrogen and oxygen atoms in total. The van der Waals surface area contributed by atoms with Crippen molar-refractivity contribution in [1.29, 1.82) is 0 Å². The average molecular weight is 707 g/mol. The van der Waals surface area contributed by atoms with Gasteiger partial charge in [-0.15, -0.1) is 11.5 Å². The molecule has 0 spiro atoms. The summed E-state index contributed by atoms with van der Waals surface area (Å²) in [5, 5.41) is 14.3. The fourth-order valence-electron chi connectivity index (χ4n) is 7.35. The maximum Gasteiger partial charge on any atom is 0.261 e. The minimum atomic E-state index is -2.65. The van der Waals surface area contributed by atoms with Crippen LogP contribution in [0.5, 0.6) is 0 Å². The van der Waals surface area contributed by atoms with Crippen LogP contribution in [-0.2, 0) is 18.7 Å². The normalized spacial score (nSPS) is 19.7. The van der Waals surface area contributed by atoms with E-state index in [-0.39, 0.29) is 28.9 Å². The molecule has 0 bridgehead atoms. The van der Waals surface area contributed by atoms with Crippen molar-refractivity contribution in [1.82, 2.24) is 0 Å². The second kappa shape index (κ2) is 17.0. The Morgan fingerprint density at radius 2 is 1.49 bits per heavy atom. The van der Waals surface area contributed by atoms with Crippen LogP contribution < -0.4 is 10.4 Å². The van der Waals surface area contributed by atoms with Gasteiger partial charge in [0.15, 0.2) is 5.79 Å². The third-order valence-electron chi connectivity index (χ3n) is 10.1. The first kappa shape index (κ1) is 41.4. The number of Topliss-reactive ketones (excluding diaryl/α,β-unsaturated/α-hetero) is 1. The summed E-state index contributed by atoms with van der Waals surface area (Å²) in [5.41, 5.74) is 2.67. The van der Waals surface area contributed by atoms with Gasteiger partial charge in [0.1, 0.15) is 13.9 Å². The third-order valence-corrected chi connectivity index (χ3v) is 16.2. The van der Waals surface area contributed by atoms with E-state index in [0.29, 0.717) is 25.9 Å². The highest BCUT2D eigenvalue weighted by Gasteiger charge is 2.51. The van der Waals surface area contributed by atoms with Crippen LogP contribution in [0.15, 0.2) is 60.7 Å². The third kappa shape index (κ3) is 11.0. The van der Waals surface area contributed by atoms with E-state index < -0.39 is 39.6 Å². The van der Waals surface area contributed by atoms with Gasteiger partial charge >= 0.3 is 0 Å². The predicted molar refractivity (Wildman–Crippen MR) is 209 cm³/mol. The van der Waals surface area contributed by atoms with Crippen molar-refractivity contribution in [3.63, 3.8) is 0 Å². The summed E-state index contributed by atoms with van der Waals surface area (Å²) in [6.07, 6.45) is 3.36. The predicted octanol–water partition coefficient (Wildman–Crippen LogP) is 8.53. The fourth-order valence-corrected chi connectivity index (χ4v) is 12.7. The molecule has 0 radical (unpaired) electrons. The van der Waals surface area contributed by atoms with Crippen LogP contribution in [0.3, 0.4) is 0 Å². The summed E-state index contributed by atoms with van der Waals surface area (Å²) in [5.74, 6) is 2.11. The lowest BCUT2D eigenvalue weighted by Crippen LogP contribution is -2.67. The van der Waals surface area contributed by atoms with E-state index in [1.807, 2.05) is 27.7 Å². The first-order chi connectivity index (χ1) is 22.7. The highest BCUT2D eigenvalue weighted by atomic mass is 28.4. The number of rotatable bonds is 15. The van der Waals surface area contributed by atoms with Crippen molar-refractivity contribution in [3.05, 3.63) is 60.7 Å². The summed E-state index contributed by atoms with van der Waals surface area (Å²) < 4.78 is 19.4. The van der Waals surface area contributed by atoms with Gasteiger partial charge in [0, 0.05) is 18.4 Å². The molecule has 0 amide bonds. The monoisotopic (exact) mass is 706 g/mol. The van der Waals surface area contributed by atoms with Crippen LogP contribution in [0.4, 0.5) is 0 Å². The molecule has 2 unspecified atom stereocenters. The fraction of sp³-hybridized carbons (Fsp3) is 0.643. The van der Waals surface area contributed by atoms with E-state index in [9.17, 15) is 9.90 Å². The zero-order valence-corrected chi connectivity index (χ0v) is 34.7. The Labute approximate surface area is 301 Å². The number of carbonyl (C=O) groups is 1. The quantitative estimate of drug-likeness (QED) is 0.149. The topological polar surface area (TPSA) is 65.0 Å². The lowest BCUT2D eigenvalue weighted by Gasteiger charge is -2.45. The standard InChI is InChI=1S/C42H66O5Si2/c1-32(22-21-23-33(2)47-49(40(3,4)5,34-24-15-13-16-25-34)35-26-17-14-18-27-35)38(43)36(28-19-20-31-48(10,11)12)39(44)41(6,7)37-29-30-45-42(8,9)46-37/h13-18,24-27,32-33,36-38,43H,19,21-23,28-30H2,1-12H3/t32-,33?,36+,37-,38?/m0/s1. The molecule has 1 saturated heterocycles. The van der Waals surface area contributed by atoms with E-state index in [1.54, 1.807) is 0 Å². The Morgan fingerprint density at radius 3 is 1.98 bits per heavy atom. The molecule has 0 saturated carbocycles. The smallest absolute Gasteiger partial charge is 0.261 e. The van der Waals surface area contributed by atoms with Crippen molar-refractivity contribution < 1.29 is 23.8 Å². The van der Waals surface area contributed by atoms with Crippen LogP contribution in [0.1, 0.15) is 101 Å². The van der Waals surface area contributed by atoms with Crippen molar-refractivity contribution in [2.24, 2.45) is 17.3 Å². The number of ether oxygens (including phenoxy) is 2. The van der Waals surface area contributed by atoms with Gasteiger partial charge in [0.25, 0.3) is 8.32 Å². The number of hydrogen-bond acceptors (Lipinski definition) is 5. The van der Waals surface area contributed by atoms with Gasteiger partial charge in [-0.25, -0.2) is 0 Å². The average Bonchev–Trinajstić information content (AvgIpc) is 3.02. The molecule has 1 aliphatic rings. The van der Waals surface area contributed by atoms with Crippen molar-refractivity contribution in [3.8, 4) is 11.5 Å². The Kier molecular flexibility index (Phi) is 14.3. The maximum absolute atomic E-state index is 14.4. The van der Waals surface area contributed by atoms with Gasteiger partial charge in [-0.3, -0.25) is 4.79 Å². The summed E-state index contributed by atoms with van der Waals surface area (Å²) in [6.45, 7) is 26.2. The molecular weight excluding hydrogens is 641 g/mol. The Morgan fingerprint density at radius 1 is 0.939 bits per heavy atom. The minimum Gasteiger partial charge on any atom is -0.405 e. The Bertz CT molecular complexity index is 1340. The summed E-state index contributed by atoms with van der Waals surface area (Å²) >= 11 is 0. The second-order valence-electron chi connectivity index (χ2n) is 17.4. The van der Waals surface area contributed by atoms with Gasteiger partial charge in [-0.05, 0) is 67.8 Å². The second-order valence-corrected chi connectivity index (χ2v) is 26.4. The zero-order chi connectivity index (χ0) is 36.7. The van der Waals surface area contributed by atoms with E-state index in [4.69, 9.17) is 13.9 Å². The molecule has 1 aliphatic heterocycles. The number of aliphatic hydroxyl groups excluding tert-OH is 1. The van der Waals surface area contributed by atoms with Crippen LogP contribution in [0.25, 0.3) is 0 Å². The maximum atomic E-state index is 14.4. The SMILES string of the molecule is CC(CCC[C@H](C)C(O)[C@@H](CCC#C[Si](C)(C)C)C(=O)C(C)(C)[C@@H]1CCOC(C)(C)O1)O[Si](c1ccccc1)(c1ccccc1)C(C)(C)C. The Balaban J connectivity index is 1.77. The molecule has 272 valence electrons. The molecule has 7 heteroatoms. The molecule has 5 atom stereocenters. The molecule has 3 rings (SSSR count). The number of aliphatic hydroxyl groups is 1. The number of ketones is 1. The lowest BCUT2D eigenvalue weighted by atomic mass is 9.70. The molecule has 49 heavy (non-hydrogen) atoms. The Hall–Kier alpha value is -2.06. The first-order valence-corrected chi connectivity index (χ1v) is 23.9. The molecule has 2 aromatic rings. The molecule has 2 aromatic carbocycles. The van der Waals surface area contributed by atoms with Gasteiger partial charge < -0.3 is 19.0 Å². The van der Waals surface area contributed by atoms with Crippen molar-refractivity contribution in [2.75, 3.05) is 6.61 Å². The summed E-state index contributed by atoms with van der Waals surface area (Å²) in [7, 11) is -4.19. The molecular formula is C42H66O5Si2. The number of hydrogen-bond donors (Lipinski definition) is 1. The number of benzene rings is 2. The number of carbonyl (C=O) groups excluding carboxylic acids is 1. The van der Waals surface area contributed by atoms with Crippen LogP contribution in [-0.4, -0.2) is 58.0 Å². The highest BCUT2D eigenvalue weighted by Crippen LogP contribution is 2.40. The highest BCUT2D eigenvalue weighted by molar-refractivity contribution is 6.99. The van der Waals surface area contributed by atoms with Gasteiger partial charge in [-0.2, -0.15) is 0 Å². The van der Waals surface area contributed by atoms with E-state index in [1.165, 1.54) is 10.4 Å². The van der Waals surface area contributed by atoms with E-state index in [0.717, 1.165) is 19.3 Å².